The summed E-state index contributed by atoms with van der Waals surface area (Å²) in [5, 5.41) is 9.79. The second-order valence-electron chi connectivity index (χ2n) is 5.77. The number of benzene rings is 1. The summed E-state index contributed by atoms with van der Waals surface area (Å²) in [5.74, 6) is -0.513. The number of aryl methyl sites for hydroxylation is 1. The first-order valence-electron chi connectivity index (χ1n) is 7.74. The first-order valence-corrected chi connectivity index (χ1v) is 10.3. The molecule has 6 nitrogen and oxygen atoms in total. The number of amides is 1. The molecule has 3 rings (SSSR count). The van der Waals surface area contributed by atoms with Gasteiger partial charge in [0.2, 0.25) is 10.0 Å². The quantitative estimate of drug-likeness (QED) is 0.702. The van der Waals surface area contributed by atoms with Crippen molar-refractivity contribution in [2.45, 2.75) is 12.7 Å². The third-order valence-corrected chi connectivity index (χ3v) is 5.31. The second-order valence-corrected chi connectivity index (χ2v) is 8.33. The molecule has 0 saturated carbocycles. The summed E-state index contributed by atoms with van der Waals surface area (Å²) in [7, 11) is -3.58. The number of hydrogen-bond acceptors (Lipinski definition) is 5. The van der Waals surface area contributed by atoms with Crippen LogP contribution < -0.4 is 10.5 Å². The Balaban J connectivity index is 1.74. The molecule has 0 aliphatic heterocycles. The fraction of sp³-hybridized carbons (Fsp3) is 0.111. The molecular weight excluding hydrogens is 370 g/mol. The average molecular weight is 387 g/mol. The Bertz CT molecular complexity index is 1030. The highest BCUT2D eigenvalue weighted by Gasteiger charge is 2.12. The van der Waals surface area contributed by atoms with E-state index in [0.717, 1.165) is 10.6 Å². The van der Waals surface area contributed by atoms with Crippen LogP contribution in [0.3, 0.4) is 0 Å². The number of carbonyl (C=O) groups is 1. The number of thiophene rings is 1. The third kappa shape index (κ3) is 4.54. The van der Waals surface area contributed by atoms with Crippen LogP contribution in [0.2, 0.25) is 0 Å². The van der Waals surface area contributed by atoms with Gasteiger partial charge in [-0.1, -0.05) is 18.2 Å². The maximum Gasteiger partial charge on any atom is 0.257 e. The number of rotatable bonds is 5. The summed E-state index contributed by atoms with van der Waals surface area (Å²) in [6.07, 6.45) is 0. The number of nitrogens with one attached hydrogen (secondary N) is 1. The largest absolute Gasteiger partial charge is 0.322 e. The van der Waals surface area contributed by atoms with Crippen LogP contribution in [0, 0.1) is 6.92 Å². The van der Waals surface area contributed by atoms with Gasteiger partial charge in [-0.15, -0.1) is 11.3 Å². The molecule has 0 radical (unpaired) electrons. The van der Waals surface area contributed by atoms with Crippen LogP contribution >= 0.6 is 11.3 Å². The van der Waals surface area contributed by atoms with Gasteiger partial charge in [-0.25, -0.2) is 13.6 Å². The molecular formula is C18H17N3O3S2. The van der Waals surface area contributed by atoms with E-state index >= 15 is 0 Å². The minimum Gasteiger partial charge on any atom is -0.322 e. The molecule has 0 saturated heterocycles. The molecule has 0 fully saturated rings. The molecule has 0 unspecified atom stereocenters. The Morgan fingerprint density at radius 2 is 1.88 bits per heavy atom. The Morgan fingerprint density at radius 3 is 2.46 bits per heavy atom. The minimum absolute atomic E-state index is 0.242. The second kappa shape index (κ2) is 7.36. The van der Waals surface area contributed by atoms with E-state index in [9.17, 15) is 13.2 Å². The molecule has 2 heterocycles. The molecule has 26 heavy (non-hydrogen) atoms. The van der Waals surface area contributed by atoms with E-state index in [4.69, 9.17) is 5.14 Å². The predicted molar refractivity (Wildman–Crippen MR) is 103 cm³/mol. The molecule has 8 heteroatoms. The topological polar surface area (TPSA) is 102 Å². The van der Waals surface area contributed by atoms with E-state index in [1.165, 1.54) is 0 Å². The first kappa shape index (κ1) is 18.2. The van der Waals surface area contributed by atoms with E-state index < -0.39 is 10.0 Å². The van der Waals surface area contributed by atoms with Crippen LogP contribution in [0.1, 0.15) is 21.6 Å². The lowest BCUT2D eigenvalue weighted by molar-refractivity contribution is 0.102. The Kier molecular flexibility index (Phi) is 5.17. The van der Waals surface area contributed by atoms with E-state index in [1.807, 2.05) is 23.6 Å². The van der Waals surface area contributed by atoms with Gasteiger partial charge in [-0.3, -0.25) is 9.78 Å². The van der Waals surface area contributed by atoms with Crippen LogP contribution in [-0.2, 0) is 15.8 Å². The number of sulfonamides is 1. The standard InChI is InChI=1S/C18H17N3O3S2/c1-12-15(8-9-16(20-12)17-3-2-10-25-17)18(22)21-14-6-4-13(5-7-14)11-26(19,23)24/h2-10H,11H2,1H3,(H,21,22)(H2,19,23,24). The number of primary sulfonamides is 1. The van der Waals surface area contributed by atoms with E-state index in [2.05, 4.69) is 10.3 Å². The van der Waals surface area contributed by atoms with Gasteiger partial charge in [0.1, 0.15) is 0 Å². The number of pyridine rings is 1. The number of carbonyl (C=O) groups excluding carboxylic acids is 1. The summed E-state index contributed by atoms with van der Waals surface area (Å²) in [6.45, 7) is 1.79. The van der Waals surface area contributed by atoms with Crippen molar-refractivity contribution < 1.29 is 13.2 Å². The molecule has 3 aromatic rings. The number of anilines is 1. The number of nitrogens with zero attached hydrogens (tertiary/aromatic N) is 1. The van der Waals surface area contributed by atoms with Crippen LogP contribution in [-0.4, -0.2) is 19.3 Å². The average Bonchev–Trinajstić information content (AvgIpc) is 3.09. The maximum absolute atomic E-state index is 12.5. The van der Waals surface area contributed by atoms with E-state index in [0.29, 0.717) is 22.5 Å². The van der Waals surface area contributed by atoms with Gasteiger partial charge in [0, 0.05) is 5.69 Å². The Morgan fingerprint density at radius 1 is 1.15 bits per heavy atom. The van der Waals surface area contributed by atoms with Crippen molar-refractivity contribution in [3.8, 4) is 10.6 Å². The molecule has 1 amide bonds. The van der Waals surface area contributed by atoms with Crippen molar-refractivity contribution in [1.82, 2.24) is 4.98 Å². The molecule has 0 aliphatic rings. The van der Waals surface area contributed by atoms with Crippen LogP contribution in [0.4, 0.5) is 5.69 Å². The normalized spacial score (nSPS) is 11.3. The van der Waals surface area contributed by atoms with Crippen LogP contribution in [0.15, 0.2) is 53.9 Å². The molecule has 134 valence electrons. The van der Waals surface area contributed by atoms with Crippen molar-refractivity contribution in [2.75, 3.05) is 5.32 Å². The highest BCUT2D eigenvalue weighted by Crippen LogP contribution is 2.24. The number of hydrogen-bond donors (Lipinski definition) is 2. The van der Waals surface area contributed by atoms with Crippen molar-refractivity contribution in [1.29, 1.82) is 0 Å². The van der Waals surface area contributed by atoms with Gasteiger partial charge in [-0.2, -0.15) is 0 Å². The smallest absolute Gasteiger partial charge is 0.257 e. The molecule has 0 bridgehead atoms. The van der Waals surface area contributed by atoms with Crippen molar-refractivity contribution >= 4 is 33.0 Å². The summed E-state index contributed by atoms with van der Waals surface area (Å²) >= 11 is 1.59. The van der Waals surface area contributed by atoms with Crippen LogP contribution in [0.5, 0.6) is 0 Å². The fourth-order valence-electron chi connectivity index (χ4n) is 2.48. The van der Waals surface area contributed by atoms with Gasteiger partial charge in [0.05, 0.1) is 27.6 Å². The fourth-order valence-corrected chi connectivity index (χ4v) is 3.83. The molecule has 0 spiro atoms. The zero-order valence-corrected chi connectivity index (χ0v) is 15.6. The maximum atomic E-state index is 12.5. The Labute approximate surface area is 155 Å². The van der Waals surface area contributed by atoms with Crippen molar-refractivity contribution in [2.24, 2.45) is 5.14 Å². The molecule has 3 N–H and O–H groups in total. The highest BCUT2D eigenvalue weighted by atomic mass is 32.2. The summed E-state index contributed by atoms with van der Waals surface area (Å²) < 4.78 is 22.2. The highest BCUT2D eigenvalue weighted by molar-refractivity contribution is 7.88. The predicted octanol–water partition coefficient (Wildman–Crippen LogP) is 3.16. The molecule has 0 aliphatic carbocycles. The van der Waals surface area contributed by atoms with E-state index in [1.54, 1.807) is 48.6 Å². The zero-order valence-electron chi connectivity index (χ0n) is 14.0. The van der Waals surface area contributed by atoms with Crippen LogP contribution in [0.25, 0.3) is 10.6 Å². The minimum atomic E-state index is -3.58. The van der Waals surface area contributed by atoms with E-state index in [-0.39, 0.29) is 11.7 Å². The van der Waals surface area contributed by atoms with Crippen molar-refractivity contribution in [3.05, 3.63) is 70.7 Å². The zero-order chi connectivity index (χ0) is 18.7. The van der Waals surface area contributed by atoms with Gasteiger partial charge in [-0.05, 0) is 48.2 Å². The van der Waals surface area contributed by atoms with Gasteiger partial charge >= 0.3 is 0 Å². The summed E-state index contributed by atoms with van der Waals surface area (Å²) in [5.41, 5.74) is 3.08. The summed E-state index contributed by atoms with van der Waals surface area (Å²) in [4.78, 5) is 18.0. The van der Waals surface area contributed by atoms with Gasteiger partial charge in [0.15, 0.2) is 0 Å². The third-order valence-electron chi connectivity index (χ3n) is 3.68. The summed E-state index contributed by atoms with van der Waals surface area (Å²) in [6, 6.07) is 14.0. The SMILES string of the molecule is Cc1nc(-c2cccs2)ccc1C(=O)Nc1ccc(CS(N)(=O)=O)cc1. The monoisotopic (exact) mass is 387 g/mol. The molecule has 2 aromatic heterocycles. The van der Waals surface area contributed by atoms with Gasteiger partial charge in [0.25, 0.3) is 5.91 Å². The number of nitrogens with two attached hydrogens (primary N) is 1. The lowest BCUT2D eigenvalue weighted by atomic mass is 10.1. The molecule has 0 atom stereocenters. The lowest BCUT2D eigenvalue weighted by Gasteiger charge is -2.09. The van der Waals surface area contributed by atoms with Gasteiger partial charge < -0.3 is 5.32 Å². The Hall–Kier alpha value is -2.55. The lowest BCUT2D eigenvalue weighted by Crippen LogP contribution is -2.15. The number of aromatic nitrogens is 1. The first-order chi connectivity index (χ1) is 12.3. The molecule has 1 aromatic carbocycles. The van der Waals surface area contributed by atoms with Crippen molar-refractivity contribution in [3.63, 3.8) is 0 Å².